The van der Waals surface area contributed by atoms with Crippen LogP contribution in [-0.2, 0) is 4.79 Å². The molecular formula is C11H20F3NO. The summed E-state index contributed by atoms with van der Waals surface area (Å²) in [6.07, 6.45) is -3.54. The monoisotopic (exact) mass is 239 g/mol. The van der Waals surface area contributed by atoms with Crippen LogP contribution < -0.4 is 0 Å². The molecule has 0 radical (unpaired) electrons. The maximum atomic E-state index is 12.2. The summed E-state index contributed by atoms with van der Waals surface area (Å²) >= 11 is 0. The molecule has 1 amide bonds. The summed E-state index contributed by atoms with van der Waals surface area (Å²) in [5.41, 5.74) is 0. The molecule has 0 fully saturated rings. The van der Waals surface area contributed by atoms with Gasteiger partial charge in [0.1, 0.15) is 6.54 Å². The van der Waals surface area contributed by atoms with Gasteiger partial charge in [0.15, 0.2) is 0 Å². The van der Waals surface area contributed by atoms with Crippen LogP contribution in [0.5, 0.6) is 0 Å². The molecule has 0 heterocycles. The van der Waals surface area contributed by atoms with Crippen molar-refractivity contribution in [1.82, 2.24) is 4.90 Å². The number of hydrogen-bond donors (Lipinski definition) is 0. The topological polar surface area (TPSA) is 20.3 Å². The highest BCUT2D eigenvalue weighted by Crippen LogP contribution is 2.21. The number of carbonyl (C=O) groups excluding carboxylic acids is 1. The van der Waals surface area contributed by atoms with Gasteiger partial charge in [0.25, 0.3) is 0 Å². The van der Waals surface area contributed by atoms with Crippen LogP contribution in [0.2, 0.25) is 0 Å². The summed E-state index contributed by atoms with van der Waals surface area (Å²) in [6, 6.07) is 0. The zero-order valence-electron chi connectivity index (χ0n) is 10.3. The highest BCUT2D eigenvalue weighted by atomic mass is 19.4. The smallest absolute Gasteiger partial charge is 0.334 e. The van der Waals surface area contributed by atoms with E-state index in [0.29, 0.717) is 0 Å². The van der Waals surface area contributed by atoms with Gasteiger partial charge in [0, 0.05) is 13.5 Å². The van der Waals surface area contributed by atoms with Gasteiger partial charge < -0.3 is 4.90 Å². The van der Waals surface area contributed by atoms with Crippen LogP contribution in [-0.4, -0.2) is 30.1 Å². The SMILES string of the molecule is CC[C@@H](CN(CC(F)(F)F)C(C)=O)C(C)C. The quantitative estimate of drug-likeness (QED) is 0.722. The fourth-order valence-corrected chi connectivity index (χ4v) is 1.62. The van der Waals surface area contributed by atoms with Crippen molar-refractivity contribution in [2.45, 2.75) is 40.3 Å². The van der Waals surface area contributed by atoms with E-state index in [1.807, 2.05) is 20.8 Å². The summed E-state index contributed by atoms with van der Waals surface area (Å²) < 4.78 is 36.7. The summed E-state index contributed by atoms with van der Waals surface area (Å²) in [5, 5.41) is 0. The summed E-state index contributed by atoms with van der Waals surface area (Å²) in [4.78, 5) is 12.0. The first kappa shape index (κ1) is 15.3. The standard InChI is InChI=1S/C11H20F3NO/c1-5-10(8(2)3)6-15(9(4)16)7-11(12,13)14/h8,10H,5-7H2,1-4H3/t10-/m0/s1. The van der Waals surface area contributed by atoms with Gasteiger partial charge in [-0.25, -0.2) is 0 Å². The highest BCUT2D eigenvalue weighted by Gasteiger charge is 2.33. The number of alkyl halides is 3. The molecule has 16 heavy (non-hydrogen) atoms. The second-order valence-corrected chi connectivity index (χ2v) is 4.43. The van der Waals surface area contributed by atoms with E-state index >= 15 is 0 Å². The summed E-state index contributed by atoms with van der Waals surface area (Å²) in [6.45, 7) is 6.06. The third kappa shape index (κ3) is 5.98. The number of amides is 1. The van der Waals surface area contributed by atoms with E-state index in [1.54, 1.807) is 0 Å². The average molecular weight is 239 g/mol. The number of rotatable bonds is 5. The molecule has 5 heteroatoms. The summed E-state index contributed by atoms with van der Waals surface area (Å²) in [7, 11) is 0. The van der Waals surface area contributed by atoms with E-state index in [2.05, 4.69) is 0 Å². The van der Waals surface area contributed by atoms with Crippen LogP contribution in [0.3, 0.4) is 0 Å². The first-order valence-corrected chi connectivity index (χ1v) is 5.49. The largest absolute Gasteiger partial charge is 0.406 e. The second-order valence-electron chi connectivity index (χ2n) is 4.43. The molecule has 0 N–H and O–H groups in total. The molecule has 0 rings (SSSR count). The van der Waals surface area contributed by atoms with Gasteiger partial charge in [-0.2, -0.15) is 13.2 Å². The van der Waals surface area contributed by atoms with Crippen molar-refractivity contribution in [3.63, 3.8) is 0 Å². The van der Waals surface area contributed by atoms with Crippen molar-refractivity contribution < 1.29 is 18.0 Å². The lowest BCUT2D eigenvalue weighted by atomic mass is 9.92. The van der Waals surface area contributed by atoms with Gasteiger partial charge in [-0.1, -0.05) is 27.2 Å². The predicted octanol–water partition coefficient (Wildman–Crippen LogP) is 3.08. The third-order valence-corrected chi connectivity index (χ3v) is 2.74. The van der Waals surface area contributed by atoms with Crippen LogP contribution >= 0.6 is 0 Å². The van der Waals surface area contributed by atoms with Crippen LogP contribution in [0.15, 0.2) is 0 Å². The maximum Gasteiger partial charge on any atom is 0.406 e. The van der Waals surface area contributed by atoms with Crippen molar-refractivity contribution in [2.24, 2.45) is 11.8 Å². The molecule has 0 unspecified atom stereocenters. The number of carbonyl (C=O) groups is 1. The fraction of sp³-hybridized carbons (Fsp3) is 0.909. The molecule has 0 aliphatic carbocycles. The minimum atomic E-state index is -4.32. The van der Waals surface area contributed by atoms with Gasteiger partial charge in [0.05, 0.1) is 0 Å². The number of nitrogens with zero attached hydrogens (tertiary/aromatic N) is 1. The lowest BCUT2D eigenvalue weighted by Gasteiger charge is -2.29. The molecule has 0 spiro atoms. The number of halogens is 3. The molecule has 0 bridgehead atoms. The predicted molar refractivity (Wildman–Crippen MR) is 56.9 cm³/mol. The Balaban J connectivity index is 4.50. The van der Waals surface area contributed by atoms with E-state index in [0.717, 1.165) is 11.3 Å². The second kappa shape index (κ2) is 6.11. The minimum absolute atomic E-state index is 0.117. The molecule has 0 saturated carbocycles. The first-order valence-electron chi connectivity index (χ1n) is 5.49. The van der Waals surface area contributed by atoms with Crippen LogP contribution in [0, 0.1) is 11.8 Å². The van der Waals surface area contributed by atoms with E-state index in [9.17, 15) is 18.0 Å². The van der Waals surface area contributed by atoms with E-state index in [1.165, 1.54) is 6.92 Å². The van der Waals surface area contributed by atoms with Crippen molar-refractivity contribution in [1.29, 1.82) is 0 Å². The highest BCUT2D eigenvalue weighted by molar-refractivity contribution is 5.73. The zero-order chi connectivity index (χ0) is 12.9. The molecule has 96 valence electrons. The molecule has 0 aliphatic heterocycles. The molecule has 0 aliphatic rings. The minimum Gasteiger partial charge on any atom is -0.334 e. The van der Waals surface area contributed by atoms with Crippen LogP contribution in [0.4, 0.5) is 13.2 Å². The Kier molecular flexibility index (Phi) is 5.83. The Bertz CT molecular complexity index is 226. The van der Waals surface area contributed by atoms with Crippen molar-refractivity contribution in [3.8, 4) is 0 Å². The fourth-order valence-electron chi connectivity index (χ4n) is 1.62. The van der Waals surface area contributed by atoms with E-state index in [-0.39, 0.29) is 18.4 Å². The molecular weight excluding hydrogens is 219 g/mol. The van der Waals surface area contributed by atoms with Gasteiger partial charge in [0.2, 0.25) is 5.91 Å². The van der Waals surface area contributed by atoms with Gasteiger partial charge in [-0.15, -0.1) is 0 Å². The van der Waals surface area contributed by atoms with E-state index < -0.39 is 18.6 Å². The Morgan fingerprint density at radius 3 is 2.06 bits per heavy atom. The average Bonchev–Trinajstić information content (AvgIpc) is 2.09. The van der Waals surface area contributed by atoms with Crippen LogP contribution in [0.25, 0.3) is 0 Å². The normalized spacial score (nSPS) is 14.0. The molecule has 0 aromatic heterocycles. The molecule has 1 atom stereocenters. The van der Waals surface area contributed by atoms with Gasteiger partial charge >= 0.3 is 6.18 Å². The van der Waals surface area contributed by atoms with E-state index in [4.69, 9.17) is 0 Å². The Morgan fingerprint density at radius 2 is 1.81 bits per heavy atom. The third-order valence-electron chi connectivity index (χ3n) is 2.74. The van der Waals surface area contributed by atoms with Crippen molar-refractivity contribution >= 4 is 5.91 Å². The molecule has 2 nitrogen and oxygen atoms in total. The molecule has 0 aromatic carbocycles. The Labute approximate surface area is 94.8 Å². The van der Waals surface area contributed by atoms with Crippen molar-refractivity contribution in [2.75, 3.05) is 13.1 Å². The number of hydrogen-bond acceptors (Lipinski definition) is 1. The van der Waals surface area contributed by atoms with Gasteiger partial charge in [-0.05, 0) is 11.8 Å². The summed E-state index contributed by atoms with van der Waals surface area (Å²) in [5.74, 6) is -0.122. The van der Waals surface area contributed by atoms with Crippen LogP contribution in [0.1, 0.15) is 34.1 Å². The molecule has 0 saturated heterocycles. The van der Waals surface area contributed by atoms with Crippen molar-refractivity contribution in [3.05, 3.63) is 0 Å². The lowest BCUT2D eigenvalue weighted by molar-refractivity contribution is -0.161. The van der Waals surface area contributed by atoms with Gasteiger partial charge in [-0.3, -0.25) is 4.79 Å². The zero-order valence-corrected chi connectivity index (χ0v) is 10.3. The lowest BCUT2D eigenvalue weighted by Crippen LogP contribution is -2.41. The maximum absolute atomic E-state index is 12.2. The Hall–Kier alpha value is -0.740. The first-order chi connectivity index (χ1) is 7.17. The Morgan fingerprint density at radius 1 is 1.31 bits per heavy atom. The molecule has 0 aromatic rings.